The van der Waals surface area contributed by atoms with E-state index < -0.39 is 24.0 Å². The monoisotopic (exact) mass is 415 g/mol. The highest BCUT2D eigenvalue weighted by Gasteiger charge is 2.20. The molecule has 0 aliphatic rings. The van der Waals surface area contributed by atoms with Crippen molar-refractivity contribution in [3.63, 3.8) is 0 Å². The SMILES string of the molecule is C[C@H](OC(=O)c1ccc(CSc2nc3ccccc3s2)cc1)C(=O)NC(N)=O. The Morgan fingerprint density at radius 2 is 1.89 bits per heavy atom. The van der Waals surface area contributed by atoms with Crippen molar-refractivity contribution >= 4 is 51.2 Å². The third-order valence-electron chi connectivity index (χ3n) is 3.73. The van der Waals surface area contributed by atoms with Crippen LogP contribution >= 0.6 is 23.1 Å². The van der Waals surface area contributed by atoms with Gasteiger partial charge in [0.2, 0.25) is 0 Å². The number of benzene rings is 2. The highest BCUT2D eigenvalue weighted by Crippen LogP contribution is 2.31. The number of imide groups is 1. The Morgan fingerprint density at radius 1 is 1.18 bits per heavy atom. The zero-order valence-electron chi connectivity index (χ0n) is 14.9. The Hall–Kier alpha value is -2.91. The van der Waals surface area contributed by atoms with Gasteiger partial charge in [0.15, 0.2) is 10.4 Å². The summed E-state index contributed by atoms with van der Waals surface area (Å²) in [6.07, 6.45) is -1.13. The second-order valence-corrected chi connectivity index (χ2v) is 8.09. The van der Waals surface area contributed by atoms with Gasteiger partial charge in [-0.3, -0.25) is 10.1 Å². The first-order chi connectivity index (χ1) is 13.4. The molecule has 0 saturated carbocycles. The summed E-state index contributed by atoms with van der Waals surface area (Å²) in [5.41, 5.74) is 7.19. The van der Waals surface area contributed by atoms with Crippen molar-refractivity contribution < 1.29 is 19.1 Å². The van der Waals surface area contributed by atoms with Gasteiger partial charge in [-0.05, 0) is 36.8 Å². The van der Waals surface area contributed by atoms with Gasteiger partial charge in [-0.15, -0.1) is 11.3 Å². The molecule has 7 nitrogen and oxygen atoms in total. The van der Waals surface area contributed by atoms with Crippen LogP contribution in [-0.4, -0.2) is 29.0 Å². The van der Waals surface area contributed by atoms with Crippen LogP contribution in [0.2, 0.25) is 0 Å². The molecule has 1 aromatic heterocycles. The first-order valence-corrected chi connectivity index (χ1v) is 10.1. The summed E-state index contributed by atoms with van der Waals surface area (Å²) in [6.45, 7) is 1.36. The van der Waals surface area contributed by atoms with Gasteiger partial charge >= 0.3 is 12.0 Å². The number of amides is 3. The number of nitrogens with zero attached hydrogens (tertiary/aromatic N) is 1. The number of nitrogens with one attached hydrogen (secondary N) is 1. The van der Waals surface area contributed by atoms with E-state index in [1.165, 1.54) is 6.92 Å². The van der Waals surface area contributed by atoms with E-state index in [0.717, 1.165) is 20.1 Å². The highest BCUT2D eigenvalue weighted by molar-refractivity contribution is 8.00. The second kappa shape index (κ2) is 8.85. The van der Waals surface area contributed by atoms with Crippen molar-refractivity contribution in [3.8, 4) is 0 Å². The number of nitrogens with two attached hydrogens (primary N) is 1. The fourth-order valence-corrected chi connectivity index (χ4v) is 4.32. The molecule has 3 rings (SSSR count). The van der Waals surface area contributed by atoms with Crippen molar-refractivity contribution in [3.05, 3.63) is 59.7 Å². The van der Waals surface area contributed by atoms with Crippen LogP contribution in [-0.2, 0) is 15.3 Å². The molecular weight excluding hydrogens is 398 g/mol. The number of thiazole rings is 1. The van der Waals surface area contributed by atoms with Gasteiger partial charge in [0, 0.05) is 5.75 Å². The number of primary amides is 1. The number of ether oxygens (including phenoxy) is 1. The minimum atomic E-state index is -1.13. The molecule has 0 radical (unpaired) electrons. The molecule has 0 spiro atoms. The van der Waals surface area contributed by atoms with Crippen molar-refractivity contribution in [1.82, 2.24) is 10.3 Å². The number of hydrogen-bond donors (Lipinski definition) is 2. The van der Waals surface area contributed by atoms with Crippen molar-refractivity contribution in [2.45, 2.75) is 23.1 Å². The number of aromatic nitrogens is 1. The normalized spacial score (nSPS) is 11.8. The molecule has 0 aliphatic carbocycles. The van der Waals surface area contributed by atoms with Gasteiger partial charge in [0.1, 0.15) is 0 Å². The predicted octanol–water partition coefficient (Wildman–Crippen LogP) is 3.33. The van der Waals surface area contributed by atoms with Crippen LogP contribution in [0.4, 0.5) is 4.79 Å². The Kier molecular flexibility index (Phi) is 6.27. The van der Waals surface area contributed by atoms with Gasteiger partial charge in [0.05, 0.1) is 15.8 Å². The maximum atomic E-state index is 12.1. The lowest BCUT2D eigenvalue weighted by molar-refractivity contribution is -0.127. The van der Waals surface area contributed by atoms with E-state index in [2.05, 4.69) is 4.98 Å². The van der Waals surface area contributed by atoms with E-state index in [1.54, 1.807) is 35.2 Å². The third kappa shape index (κ3) is 5.08. The summed E-state index contributed by atoms with van der Waals surface area (Å²) < 4.78 is 7.17. The number of para-hydroxylation sites is 1. The number of carbonyl (C=O) groups excluding carboxylic acids is 3. The Morgan fingerprint density at radius 3 is 2.57 bits per heavy atom. The van der Waals surface area contributed by atoms with Gasteiger partial charge in [0.25, 0.3) is 5.91 Å². The number of rotatable bonds is 6. The fraction of sp³-hybridized carbons (Fsp3) is 0.158. The van der Waals surface area contributed by atoms with Crippen LogP contribution in [0, 0.1) is 0 Å². The molecule has 1 heterocycles. The number of carbonyl (C=O) groups is 3. The molecule has 1 atom stereocenters. The first-order valence-electron chi connectivity index (χ1n) is 8.31. The van der Waals surface area contributed by atoms with Crippen molar-refractivity contribution in [2.75, 3.05) is 0 Å². The van der Waals surface area contributed by atoms with Crippen molar-refractivity contribution in [1.29, 1.82) is 0 Å². The van der Waals surface area contributed by atoms with E-state index in [-0.39, 0.29) is 0 Å². The molecule has 3 N–H and O–H groups in total. The average molecular weight is 415 g/mol. The summed E-state index contributed by atoms with van der Waals surface area (Å²) >= 11 is 3.27. The molecule has 0 fully saturated rings. The van der Waals surface area contributed by atoms with E-state index in [4.69, 9.17) is 10.5 Å². The van der Waals surface area contributed by atoms with E-state index in [0.29, 0.717) is 11.3 Å². The molecule has 0 unspecified atom stereocenters. The maximum absolute atomic E-state index is 12.1. The summed E-state index contributed by atoms with van der Waals surface area (Å²) in [7, 11) is 0. The van der Waals surface area contributed by atoms with Crippen LogP contribution in [0.15, 0.2) is 52.9 Å². The number of hydrogen-bond acceptors (Lipinski definition) is 7. The lowest BCUT2D eigenvalue weighted by Gasteiger charge is -2.12. The van der Waals surface area contributed by atoms with Gasteiger partial charge in [-0.2, -0.15) is 0 Å². The number of esters is 1. The topological polar surface area (TPSA) is 111 Å². The highest BCUT2D eigenvalue weighted by atomic mass is 32.2. The molecule has 3 amide bonds. The molecular formula is C19H17N3O4S2. The Labute approximate surface area is 169 Å². The fourth-order valence-electron chi connectivity index (χ4n) is 2.30. The molecule has 0 bridgehead atoms. The van der Waals surface area contributed by atoms with Gasteiger partial charge < -0.3 is 10.5 Å². The zero-order valence-corrected chi connectivity index (χ0v) is 16.5. The largest absolute Gasteiger partial charge is 0.449 e. The summed E-state index contributed by atoms with van der Waals surface area (Å²) in [6, 6.07) is 13.9. The summed E-state index contributed by atoms with van der Waals surface area (Å²) in [5.74, 6) is -0.714. The zero-order chi connectivity index (χ0) is 20.1. The maximum Gasteiger partial charge on any atom is 0.338 e. The lowest BCUT2D eigenvalue weighted by Crippen LogP contribution is -2.42. The number of fused-ring (bicyclic) bond motifs is 1. The number of thioether (sulfide) groups is 1. The van der Waals surface area contributed by atoms with Crippen LogP contribution in [0.5, 0.6) is 0 Å². The Bertz CT molecular complexity index is 984. The molecule has 9 heteroatoms. The molecule has 2 aromatic carbocycles. The molecule has 28 heavy (non-hydrogen) atoms. The predicted molar refractivity (Wildman–Crippen MR) is 108 cm³/mol. The van der Waals surface area contributed by atoms with E-state index in [9.17, 15) is 14.4 Å². The second-order valence-electron chi connectivity index (χ2n) is 5.83. The average Bonchev–Trinajstić information content (AvgIpc) is 3.09. The lowest BCUT2D eigenvalue weighted by atomic mass is 10.1. The van der Waals surface area contributed by atoms with Crippen LogP contribution in [0.3, 0.4) is 0 Å². The molecule has 144 valence electrons. The molecule has 3 aromatic rings. The number of urea groups is 1. The molecule has 0 saturated heterocycles. The van der Waals surface area contributed by atoms with Crippen molar-refractivity contribution in [2.24, 2.45) is 5.73 Å². The summed E-state index contributed by atoms with van der Waals surface area (Å²) in [4.78, 5) is 38.9. The van der Waals surface area contributed by atoms with Crippen LogP contribution in [0.25, 0.3) is 10.2 Å². The smallest absolute Gasteiger partial charge is 0.338 e. The quantitative estimate of drug-likeness (QED) is 0.472. The minimum absolute atomic E-state index is 0.312. The van der Waals surface area contributed by atoms with Gasteiger partial charge in [-0.1, -0.05) is 36.0 Å². The van der Waals surface area contributed by atoms with Crippen LogP contribution in [0.1, 0.15) is 22.8 Å². The first kappa shape index (κ1) is 19.8. The summed E-state index contributed by atoms with van der Waals surface area (Å²) in [5, 5.41) is 1.87. The van der Waals surface area contributed by atoms with Gasteiger partial charge in [-0.25, -0.2) is 14.6 Å². The third-order valence-corrected chi connectivity index (χ3v) is 5.98. The van der Waals surface area contributed by atoms with E-state index >= 15 is 0 Å². The standard InChI is InChI=1S/C19H17N3O4S2/c1-11(16(23)22-18(20)25)26-17(24)13-8-6-12(7-9-13)10-27-19-21-14-4-2-3-5-15(14)28-19/h2-9,11H,10H2,1H3,(H3,20,22,23,25)/t11-/m0/s1. The minimum Gasteiger partial charge on any atom is -0.449 e. The van der Waals surface area contributed by atoms with E-state index in [1.807, 2.05) is 41.7 Å². The molecule has 0 aliphatic heterocycles. The Balaban J connectivity index is 1.56. The van der Waals surface area contributed by atoms with Crippen LogP contribution < -0.4 is 11.1 Å².